The largest absolute Gasteiger partial charge is 0.475 e. The lowest BCUT2D eigenvalue weighted by atomic mass is 10.0. The van der Waals surface area contributed by atoms with E-state index in [0.29, 0.717) is 6.42 Å². The van der Waals surface area contributed by atoms with Gasteiger partial charge in [0, 0.05) is 5.54 Å². The van der Waals surface area contributed by atoms with Crippen LogP contribution in [0.5, 0.6) is 0 Å². The van der Waals surface area contributed by atoms with E-state index in [1.165, 1.54) is 6.92 Å². The first-order valence-corrected chi connectivity index (χ1v) is 7.95. The number of carboxylic acids is 1. The van der Waals surface area contributed by atoms with E-state index < -0.39 is 43.4 Å². The summed E-state index contributed by atoms with van der Waals surface area (Å²) in [6.45, 7) is 6.66. The summed E-state index contributed by atoms with van der Waals surface area (Å²) in [6, 6.07) is 2.07. The van der Waals surface area contributed by atoms with Crippen molar-refractivity contribution < 1.29 is 27.5 Å². The summed E-state index contributed by atoms with van der Waals surface area (Å²) in [4.78, 5) is 22.7. The van der Waals surface area contributed by atoms with Gasteiger partial charge in [-0.2, -0.15) is 0 Å². The third kappa shape index (κ3) is 3.84. The van der Waals surface area contributed by atoms with E-state index in [1.807, 2.05) is 6.92 Å². The van der Waals surface area contributed by atoms with Crippen molar-refractivity contribution in [1.29, 1.82) is 0 Å². The number of carboxylic acid groups (broad SMARTS) is 1. The van der Waals surface area contributed by atoms with Crippen LogP contribution in [0, 0.1) is 0 Å². The summed E-state index contributed by atoms with van der Waals surface area (Å²) in [5.74, 6) is -2.52. The number of carbonyl (C=O) groups is 2. The predicted molar refractivity (Wildman–Crippen MR) is 74.8 cm³/mol. The van der Waals surface area contributed by atoms with E-state index in [4.69, 9.17) is 9.52 Å². The Kier molecular flexibility index (Phi) is 4.83. The molecule has 8 heteroatoms. The molecule has 0 spiro atoms. The molecule has 1 heterocycles. The maximum atomic E-state index is 12.2. The van der Waals surface area contributed by atoms with Gasteiger partial charge in [-0.05, 0) is 39.3 Å². The highest BCUT2D eigenvalue weighted by Gasteiger charge is 2.34. The first-order valence-electron chi connectivity index (χ1n) is 6.40. The molecule has 0 aliphatic carbocycles. The van der Waals surface area contributed by atoms with Gasteiger partial charge in [0.2, 0.25) is 26.6 Å². The molecule has 1 unspecified atom stereocenters. The molecular weight excluding hydrogens is 298 g/mol. The van der Waals surface area contributed by atoms with Crippen LogP contribution in [0.2, 0.25) is 0 Å². The first kappa shape index (κ1) is 17.2. The van der Waals surface area contributed by atoms with Crippen molar-refractivity contribution in [1.82, 2.24) is 5.32 Å². The second-order valence-corrected chi connectivity index (χ2v) is 7.54. The molecule has 0 saturated heterocycles. The third-order valence-corrected chi connectivity index (χ3v) is 5.18. The number of carbonyl (C=O) groups excluding carboxylic acids is 1. The highest BCUT2D eigenvalue weighted by atomic mass is 32.2. The molecule has 1 amide bonds. The lowest BCUT2D eigenvalue weighted by molar-refractivity contribution is -0.122. The van der Waals surface area contributed by atoms with E-state index in [9.17, 15) is 18.0 Å². The van der Waals surface area contributed by atoms with Crippen molar-refractivity contribution in [3.63, 3.8) is 0 Å². The van der Waals surface area contributed by atoms with Crippen LogP contribution in [0.1, 0.15) is 44.7 Å². The molecule has 21 heavy (non-hydrogen) atoms. The highest BCUT2D eigenvalue weighted by molar-refractivity contribution is 7.92. The van der Waals surface area contributed by atoms with Crippen LogP contribution >= 0.6 is 0 Å². The molecule has 1 rings (SSSR count). The van der Waals surface area contributed by atoms with Crippen LogP contribution in [-0.2, 0) is 14.6 Å². The number of hydrogen-bond acceptors (Lipinski definition) is 5. The Labute approximate surface area is 123 Å². The topological polar surface area (TPSA) is 114 Å². The fraction of sp³-hybridized carbons (Fsp3) is 0.538. The summed E-state index contributed by atoms with van der Waals surface area (Å²) in [6.07, 6.45) is 0.634. The quantitative estimate of drug-likeness (QED) is 0.820. The van der Waals surface area contributed by atoms with Crippen molar-refractivity contribution in [3.05, 3.63) is 17.9 Å². The van der Waals surface area contributed by atoms with Gasteiger partial charge in [-0.15, -0.1) is 0 Å². The Morgan fingerprint density at radius 2 is 1.95 bits per heavy atom. The smallest absolute Gasteiger partial charge is 0.371 e. The minimum atomic E-state index is -4.07. The molecule has 0 saturated carbocycles. The van der Waals surface area contributed by atoms with Crippen molar-refractivity contribution in [2.75, 3.05) is 0 Å². The standard InChI is InChI=1S/C13H19NO6S/c1-5-13(3,4)14-11(15)8(2)21(18,19)10-7-6-9(20-10)12(16)17/h6-8H,5H2,1-4H3,(H,14,15)(H,16,17). The molecule has 1 aromatic heterocycles. The molecule has 0 radical (unpaired) electrons. The van der Waals surface area contributed by atoms with E-state index >= 15 is 0 Å². The average molecular weight is 317 g/mol. The molecule has 0 bridgehead atoms. The van der Waals surface area contributed by atoms with Crippen LogP contribution in [-0.4, -0.2) is 36.2 Å². The van der Waals surface area contributed by atoms with Gasteiger partial charge in [0.1, 0.15) is 5.25 Å². The van der Waals surface area contributed by atoms with Crippen LogP contribution in [0.3, 0.4) is 0 Å². The monoisotopic (exact) mass is 317 g/mol. The van der Waals surface area contributed by atoms with Gasteiger partial charge in [-0.1, -0.05) is 6.92 Å². The van der Waals surface area contributed by atoms with E-state index in [-0.39, 0.29) is 0 Å². The minimum Gasteiger partial charge on any atom is -0.475 e. The molecule has 0 aliphatic rings. The number of aromatic carboxylic acids is 1. The van der Waals surface area contributed by atoms with Crippen molar-refractivity contribution in [3.8, 4) is 0 Å². The number of rotatable bonds is 6. The van der Waals surface area contributed by atoms with Gasteiger partial charge in [-0.25, -0.2) is 13.2 Å². The normalized spacial score (nSPS) is 13.7. The molecule has 1 aromatic rings. The maximum Gasteiger partial charge on any atom is 0.371 e. The number of hydrogen-bond donors (Lipinski definition) is 2. The second-order valence-electron chi connectivity index (χ2n) is 5.34. The Bertz CT molecular complexity index is 643. The Hall–Kier alpha value is -1.83. The third-order valence-electron chi connectivity index (χ3n) is 3.25. The number of furan rings is 1. The zero-order valence-corrected chi connectivity index (χ0v) is 13.2. The molecule has 118 valence electrons. The van der Waals surface area contributed by atoms with Gasteiger partial charge in [0.25, 0.3) is 0 Å². The first-order chi connectivity index (χ1) is 9.51. The number of nitrogens with one attached hydrogen (secondary N) is 1. The van der Waals surface area contributed by atoms with Crippen molar-refractivity contribution in [2.24, 2.45) is 0 Å². The molecular formula is C13H19NO6S. The van der Waals surface area contributed by atoms with E-state index in [0.717, 1.165) is 12.1 Å². The molecule has 0 aliphatic heterocycles. The zero-order chi connectivity index (χ0) is 16.4. The van der Waals surface area contributed by atoms with Crippen LogP contribution < -0.4 is 5.32 Å². The van der Waals surface area contributed by atoms with Crippen molar-refractivity contribution in [2.45, 2.75) is 50.0 Å². The predicted octanol–water partition coefficient (Wildman–Crippen LogP) is 1.44. The van der Waals surface area contributed by atoms with E-state index in [2.05, 4.69) is 5.32 Å². The molecule has 7 nitrogen and oxygen atoms in total. The zero-order valence-electron chi connectivity index (χ0n) is 12.3. The van der Waals surface area contributed by atoms with Gasteiger partial charge in [0.05, 0.1) is 0 Å². The van der Waals surface area contributed by atoms with E-state index in [1.54, 1.807) is 13.8 Å². The Balaban J connectivity index is 3.01. The van der Waals surface area contributed by atoms with Gasteiger partial charge < -0.3 is 14.8 Å². The summed E-state index contributed by atoms with van der Waals surface area (Å²) >= 11 is 0. The summed E-state index contributed by atoms with van der Waals surface area (Å²) in [7, 11) is -4.07. The van der Waals surface area contributed by atoms with Crippen LogP contribution in [0.25, 0.3) is 0 Å². The molecule has 2 N–H and O–H groups in total. The van der Waals surface area contributed by atoms with Crippen LogP contribution in [0.4, 0.5) is 0 Å². The summed E-state index contributed by atoms with van der Waals surface area (Å²) in [5, 5.41) is 9.45. The SMILES string of the molecule is CCC(C)(C)NC(=O)C(C)S(=O)(=O)c1ccc(C(=O)O)o1. The summed E-state index contributed by atoms with van der Waals surface area (Å²) in [5.41, 5.74) is -0.531. The molecule has 0 fully saturated rings. The lowest BCUT2D eigenvalue weighted by Crippen LogP contribution is -2.48. The van der Waals surface area contributed by atoms with Crippen LogP contribution in [0.15, 0.2) is 21.6 Å². The fourth-order valence-electron chi connectivity index (χ4n) is 1.43. The number of sulfone groups is 1. The lowest BCUT2D eigenvalue weighted by Gasteiger charge is -2.26. The summed E-state index contributed by atoms with van der Waals surface area (Å²) < 4.78 is 29.2. The fourth-order valence-corrected chi connectivity index (χ4v) is 2.58. The Morgan fingerprint density at radius 1 is 1.38 bits per heavy atom. The van der Waals surface area contributed by atoms with Gasteiger partial charge in [-0.3, -0.25) is 4.79 Å². The minimum absolute atomic E-state index is 0.491. The van der Waals surface area contributed by atoms with Gasteiger partial charge in [0.15, 0.2) is 0 Å². The maximum absolute atomic E-state index is 12.2. The van der Waals surface area contributed by atoms with Crippen molar-refractivity contribution >= 4 is 21.7 Å². The Morgan fingerprint density at radius 3 is 2.38 bits per heavy atom. The highest BCUT2D eigenvalue weighted by Crippen LogP contribution is 2.20. The molecule has 0 aromatic carbocycles. The number of amides is 1. The van der Waals surface area contributed by atoms with Gasteiger partial charge >= 0.3 is 5.97 Å². The average Bonchev–Trinajstić information content (AvgIpc) is 2.87. The molecule has 1 atom stereocenters. The second kappa shape index (κ2) is 5.88.